The molecule has 0 atom stereocenters. The number of fused-ring (bicyclic) bond motifs is 1. The van der Waals surface area contributed by atoms with E-state index < -0.39 is 0 Å². The second-order valence-electron chi connectivity index (χ2n) is 4.47. The SMILES string of the molecule is N#Cc1cc2c(nc1NCCc1ncno1)CCC2. The number of anilines is 1. The zero-order chi connectivity index (χ0) is 13.1. The summed E-state index contributed by atoms with van der Waals surface area (Å²) in [4.78, 5) is 8.49. The molecule has 0 saturated carbocycles. The predicted octanol–water partition coefficient (Wildman–Crippen LogP) is 1.48. The van der Waals surface area contributed by atoms with Crippen LogP contribution in [0.1, 0.15) is 29.1 Å². The fourth-order valence-electron chi connectivity index (χ4n) is 2.29. The number of rotatable bonds is 4. The van der Waals surface area contributed by atoms with Crippen LogP contribution in [0, 0.1) is 11.3 Å². The van der Waals surface area contributed by atoms with E-state index in [4.69, 9.17) is 9.78 Å². The Morgan fingerprint density at radius 1 is 1.42 bits per heavy atom. The van der Waals surface area contributed by atoms with Gasteiger partial charge in [-0.05, 0) is 30.9 Å². The Morgan fingerprint density at radius 3 is 3.16 bits per heavy atom. The first-order valence-corrected chi connectivity index (χ1v) is 6.29. The highest BCUT2D eigenvalue weighted by Crippen LogP contribution is 2.24. The number of nitriles is 1. The molecule has 0 spiro atoms. The minimum absolute atomic E-state index is 0.576. The van der Waals surface area contributed by atoms with Crippen LogP contribution in [0.5, 0.6) is 0 Å². The molecule has 0 fully saturated rings. The molecule has 0 radical (unpaired) electrons. The quantitative estimate of drug-likeness (QED) is 0.890. The van der Waals surface area contributed by atoms with Crippen molar-refractivity contribution in [1.82, 2.24) is 15.1 Å². The molecule has 1 aliphatic rings. The zero-order valence-electron chi connectivity index (χ0n) is 10.4. The van der Waals surface area contributed by atoms with E-state index in [1.165, 1.54) is 11.9 Å². The highest BCUT2D eigenvalue weighted by Gasteiger charge is 2.16. The van der Waals surface area contributed by atoms with E-state index in [1.807, 2.05) is 6.07 Å². The van der Waals surface area contributed by atoms with Gasteiger partial charge in [-0.3, -0.25) is 0 Å². The van der Waals surface area contributed by atoms with Gasteiger partial charge in [0.1, 0.15) is 11.9 Å². The first-order chi connectivity index (χ1) is 9.36. The molecule has 96 valence electrons. The van der Waals surface area contributed by atoms with Crippen LogP contribution in [-0.2, 0) is 19.3 Å². The van der Waals surface area contributed by atoms with Crippen LogP contribution in [-0.4, -0.2) is 21.7 Å². The van der Waals surface area contributed by atoms with Gasteiger partial charge in [0.2, 0.25) is 5.89 Å². The van der Waals surface area contributed by atoms with Crippen LogP contribution >= 0.6 is 0 Å². The van der Waals surface area contributed by atoms with Crippen molar-refractivity contribution in [3.63, 3.8) is 0 Å². The summed E-state index contributed by atoms with van der Waals surface area (Å²) in [6, 6.07) is 4.14. The lowest BCUT2D eigenvalue weighted by Crippen LogP contribution is -2.09. The number of nitrogens with zero attached hydrogens (tertiary/aromatic N) is 4. The molecule has 19 heavy (non-hydrogen) atoms. The van der Waals surface area contributed by atoms with Crippen molar-refractivity contribution in [2.75, 3.05) is 11.9 Å². The highest BCUT2D eigenvalue weighted by atomic mass is 16.5. The van der Waals surface area contributed by atoms with Gasteiger partial charge in [-0.15, -0.1) is 0 Å². The summed E-state index contributed by atoms with van der Waals surface area (Å²) >= 11 is 0. The molecule has 6 nitrogen and oxygen atoms in total. The third-order valence-corrected chi connectivity index (χ3v) is 3.21. The first-order valence-electron chi connectivity index (χ1n) is 6.29. The lowest BCUT2D eigenvalue weighted by molar-refractivity contribution is 0.379. The maximum atomic E-state index is 9.16. The topological polar surface area (TPSA) is 87.6 Å². The van der Waals surface area contributed by atoms with E-state index in [-0.39, 0.29) is 0 Å². The molecule has 2 aromatic rings. The molecular weight excluding hydrogens is 242 g/mol. The predicted molar refractivity (Wildman–Crippen MR) is 67.5 cm³/mol. The molecule has 0 aliphatic heterocycles. The molecule has 1 N–H and O–H groups in total. The van der Waals surface area contributed by atoms with Crippen LogP contribution in [0.25, 0.3) is 0 Å². The molecule has 0 unspecified atom stereocenters. The Hall–Kier alpha value is -2.42. The number of aryl methyl sites for hydroxylation is 2. The number of aromatic nitrogens is 3. The van der Waals surface area contributed by atoms with Crippen LogP contribution in [0.3, 0.4) is 0 Å². The molecule has 0 amide bonds. The largest absolute Gasteiger partial charge is 0.368 e. The summed E-state index contributed by atoms with van der Waals surface area (Å²) in [5, 5.41) is 15.9. The summed E-state index contributed by atoms with van der Waals surface area (Å²) in [6.07, 6.45) is 5.14. The van der Waals surface area contributed by atoms with E-state index in [9.17, 15) is 0 Å². The van der Waals surface area contributed by atoms with Crippen molar-refractivity contribution >= 4 is 5.82 Å². The van der Waals surface area contributed by atoms with Gasteiger partial charge in [-0.1, -0.05) is 5.16 Å². The van der Waals surface area contributed by atoms with Gasteiger partial charge in [0.25, 0.3) is 0 Å². The van der Waals surface area contributed by atoms with Crippen LogP contribution < -0.4 is 5.32 Å². The van der Waals surface area contributed by atoms with Crippen LogP contribution in [0.4, 0.5) is 5.82 Å². The molecular formula is C13H13N5O. The van der Waals surface area contributed by atoms with Crippen molar-refractivity contribution in [3.05, 3.63) is 35.1 Å². The van der Waals surface area contributed by atoms with Crippen molar-refractivity contribution < 1.29 is 4.52 Å². The normalized spacial score (nSPS) is 13.0. The zero-order valence-corrected chi connectivity index (χ0v) is 10.4. The van der Waals surface area contributed by atoms with Crippen LogP contribution in [0.15, 0.2) is 16.9 Å². The fraction of sp³-hybridized carbons (Fsp3) is 0.385. The lowest BCUT2D eigenvalue weighted by atomic mass is 10.1. The van der Waals surface area contributed by atoms with E-state index in [1.54, 1.807) is 0 Å². The fourth-order valence-corrected chi connectivity index (χ4v) is 2.29. The van der Waals surface area contributed by atoms with E-state index in [0.29, 0.717) is 30.2 Å². The minimum Gasteiger partial charge on any atom is -0.368 e. The Balaban J connectivity index is 1.72. The maximum absolute atomic E-state index is 9.16. The smallest absolute Gasteiger partial charge is 0.228 e. The van der Waals surface area contributed by atoms with Crippen molar-refractivity contribution in [2.24, 2.45) is 0 Å². The third-order valence-electron chi connectivity index (χ3n) is 3.21. The van der Waals surface area contributed by atoms with Crippen molar-refractivity contribution in [1.29, 1.82) is 5.26 Å². The summed E-state index contributed by atoms with van der Waals surface area (Å²) in [7, 11) is 0. The summed E-state index contributed by atoms with van der Waals surface area (Å²) in [6.45, 7) is 0.614. The molecule has 1 aliphatic carbocycles. The molecule has 0 saturated heterocycles. The Labute approximate surface area is 110 Å². The van der Waals surface area contributed by atoms with Gasteiger partial charge < -0.3 is 9.84 Å². The summed E-state index contributed by atoms with van der Waals surface area (Å²) in [5.41, 5.74) is 2.92. The molecule has 0 bridgehead atoms. The Bertz CT molecular complexity index is 615. The molecule has 2 heterocycles. The molecule has 3 rings (SSSR count). The monoisotopic (exact) mass is 255 g/mol. The van der Waals surface area contributed by atoms with Crippen LogP contribution in [0.2, 0.25) is 0 Å². The number of hydrogen-bond acceptors (Lipinski definition) is 6. The van der Waals surface area contributed by atoms with E-state index in [2.05, 4.69) is 26.5 Å². The second kappa shape index (κ2) is 5.06. The number of pyridine rings is 1. The minimum atomic E-state index is 0.576. The Morgan fingerprint density at radius 2 is 2.37 bits per heavy atom. The lowest BCUT2D eigenvalue weighted by Gasteiger charge is -2.08. The second-order valence-corrected chi connectivity index (χ2v) is 4.47. The Kier molecular flexibility index (Phi) is 3.11. The van der Waals surface area contributed by atoms with Gasteiger partial charge in [0.05, 0.1) is 5.56 Å². The van der Waals surface area contributed by atoms with E-state index in [0.717, 1.165) is 25.0 Å². The van der Waals surface area contributed by atoms with Gasteiger partial charge in [-0.2, -0.15) is 10.2 Å². The van der Waals surface area contributed by atoms with E-state index >= 15 is 0 Å². The number of hydrogen-bond donors (Lipinski definition) is 1. The van der Waals surface area contributed by atoms with Crippen molar-refractivity contribution in [2.45, 2.75) is 25.7 Å². The average molecular weight is 255 g/mol. The van der Waals surface area contributed by atoms with Crippen molar-refractivity contribution in [3.8, 4) is 6.07 Å². The molecule has 2 aromatic heterocycles. The highest BCUT2D eigenvalue weighted by molar-refractivity contribution is 5.55. The summed E-state index contributed by atoms with van der Waals surface area (Å²) in [5.74, 6) is 1.23. The van der Waals surface area contributed by atoms with Gasteiger partial charge in [0.15, 0.2) is 6.33 Å². The van der Waals surface area contributed by atoms with Gasteiger partial charge in [-0.25, -0.2) is 4.98 Å². The number of nitrogens with one attached hydrogen (secondary N) is 1. The summed E-state index contributed by atoms with van der Waals surface area (Å²) < 4.78 is 4.92. The van der Waals surface area contributed by atoms with Gasteiger partial charge in [0, 0.05) is 18.7 Å². The third kappa shape index (κ3) is 2.40. The standard InChI is InChI=1S/C13H13N5O/c14-7-10-6-9-2-1-3-11(9)18-13(10)15-5-4-12-16-8-17-19-12/h6,8H,1-5H2,(H,15,18). The average Bonchev–Trinajstić information content (AvgIpc) is 3.08. The maximum Gasteiger partial charge on any atom is 0.228 e. The first kappa shape index (κ1) is 11.7. The molecule has 0 aromatic carbocycles. The van der Waals surface area contributed by atoms with Gasteiger partial charge >= 0.3 is 0 Å². The molecule has 6 heteroatoms.